The fourth-order valence-electron chi connectivity index (χ4n) is 1.45. The first-order chi connectivity index (χ1) is 9.11. The number of methoxy groups -OCH3 is 1. The summed E-state index contributed by atoms with van der Waals surface area (Å²) in [5.74, 6) is 0.768. The number of carbonyl (C=O) groups excluding carboxylic acids is 1. The van der Waals surface area contributed by atoms with Crippen LogP contribution in [0, 0.1) is 6.92 Å². The minimum Gasteiger partial charge on any atom is -0.465 e. The van der Waals surface area contributed by atoms with Crippen molar-refractivity contribution in [1.82, 2.24) is 14.5 Å². The van der Waals surface area contributed by atoms with E-state index in [1.54, 1.807) is 6.92 Å². The lowest BCUT2D eigenvalue weighted by Gasteiger charge is -2.04. The highest BCUT2D eigenvalue weighted by Gasteiger charge is 2.19. The van der Waals surface area contributed by atoms with Crippen LogP contribution in [0.4, 0.5) is 10.8 Å². The summed E-state index contributed by atoms with van der Waals surface area (Å²) >= 11 is 1.11. The van der Waals surface area contributed by atoms with Gasteiger partial charge in [-0.2, -0.15) is 9.36 Å². The van der Waals surface area contributed by atoms with Crippen LogP contribution >= 0.6 is 11.5 Å². The smallest absolute Gasteiger partial charge is 0.344 e. The summed E-state index contributed by atoms with van der Waals surface area (Å²) in [6.07, 6.45) is 0.541. The Hall–Kier alpha value is -2.16. The fourth-order valence-corrected chi connectivity index (χ4v) is 2.17. The Labute approximate surface area is 113 Å². The third kappa shape index (κ3) is 2.99. The predicted octanol–water partition coefficient (Wildman–Crippen LogP) is 0.858. The fraction of sp³-hybridized carbons (Fsp3) is 0.400. The van der Waals surface area contributed by atoms with Gasteiger partial charge < -0.3 is 20.3 Å². The van der Waals surface area contributed by atoms with Gasteiger partial charge in [0.1, 0.15) is 10.6 Å². The number of nitrogens with two attached hydrogens (primary N) is 1. The van der Waals surface area contributed by atoms with Gasteiger partial charge in [-0.3, -0.25) is 0 Å². The molecule has 2 heterocycles. The van der Waals surface area contributed by atoms with Crippen molar-refractivity contribution in [3.05, 3.63) is 17.3 Å². The highest BCUT2D eigenvalue weighted by molar-refractivity contribution is 7.11. The molecule has 0 aliphatic carbocycles. The van der Waals surface area contributed by atoms with Gasteiger partial charge in [-0.1, -0.05) is 5.16 Å². The van der Waals surface area contributed by atoms with Crippen molar-refractivity contribution >= 4 is 28.3 Å². The van der Waals surface area contributed by atoms with Gasteiger partial charge in [-0.25, -0.2) is 4.79 Å². The first-order valence-corrected chi connectivity index (χ1v) is 6.25. The molecule has 2 aromatic heterocycles. The number of rotatable bonds is 5. The van der Waals surface area contributed by atoms with Crippen molar-refractivity contribution in [2.45, 2.75) is 13.3 Å². The summed E-state index contributed by atoms with van der Waals surface area (Å²) in [5.41, 5.74) is 5.88. The molecule has 2 aromatic rings. The van der Waals surface area contributed by atoms with E-state index in [-0.39, 0.29) is 11.4 Å². The Balaban J connectivity index is 1.98. The number of nitrogens with zero attached hydrogens (tertiary/aromatic N) is 3. The van der Waals surface area contributed by atoms with Crippen molar-refractivity contribution in [2.24, 2.45) is 0 Å². The number of anilines is 2. The number of aryl methyl sites for hydroxylation is 1. The number of esters is 1. The molecule has 0 aliphatic heterocycles. The largest absolute Gasteiger partial charge is 0.465 e. The van der Waals surface area contributed by atoms with Crippen LogP contribution in [-0.4, -0.2) is 34.1 Å². The molecule has 0 saturated heterocycles. The molecule has 2 rings (SSSR count). The molecule has 0 aliphatic rings. The molecular formula is C10H13N5O3S. The van der Waals surface area contributed by atoms with Crippen LogP contribution in [0.5, 0.6) is 0 Å². The molecule has 19 heavy (non-hydrogen) atoms. The van der Waals surface area contributed by atoms with Crippen molar-refractivity contribution in [2.75, 3.05) is 24.7 Å². The molecule has 0 aromatic carbocycles. The summed E-state index contributed by atoms with van der Waals surface area (Å²) in [6.45, 7) is 2.27. The van der Waals surface area contributed by atoms with Crippen molar-refractivity contribution < 1.29 is 14.1 Å². The van der Waals surface area contributed by atoms with Gasteiger partial charge in [0.25, 0.3) is 0 Å². The minimum atomic E-state index is -0.512. The van der Waals surface area contributed by atoms with E-state index in [0.717, 1.165) is 11.5 Å². The topological polar surface area (TPSA) is 116 Å². The zero-order chi connectivity index (χ0) is 13.8. The molecule has 0 saturated carbocycles. The second-order valence-electron chi connectivity index (χ2n) is 3.68. The van der Waals surface area contributed by atoms with Gasteiger partial charge in [-0.05, 0) is 18.5 Å². The first kappa shape index (κ1) is 13.3. The average molecular weight is 283 g/mol. The second-order valence-corrected chi connectivity index (χ2v) is 4.45. The molecule has 102 valence electrons. The number of hydrogen-bond donors (Lipinski definition) is 2. The van der Waals surface area contributed by atoms with E-state index in [1.165, 1.54) is 7.11 Å². The van der Waals surface area contributed by atoms with E-state index < -0.39 is 5.97 Å². The quantitative estimate of drug-likeness (QED) is 0.776. The molecule has 9 heteroatoms. The number of nitrogens with one attached hydrogen (secondary N) is 1. The standard InChI is InChI=1S/C10H13N5O3S/c1-5-13-6(18-14-5)3-4-12-9-7(10(16)17-2)8(11)15-19-9/h12H,3-4H2,1-2H3,(H2,11,15). The Morgan fingerprint density at radius 1 is 1.58 bits per heavy atom. The molecule has 0 unspecified atom stereocenters. The number of carbonyl (C=O) groups is 1. The van der Waals surface area contributed by atoms with Crippen molar-refractivity contribution in [3.8, 4) is 0 Å². The van der Waals surface area contributed by atoms with Crippen LogP contribution in [0.2, 0.25) is 0 Å². The minimum absolute atomic E-state index is 0.160. The molecule has 3 N–H and O–H groups in total. The normalized spacial score (nSPS) is 10.4. The lowest BCUT2D eigenvalue weighted by molar-refractivity contribution is 0.0603. The van der Waals surface area contributed by atoms with Crippen LogP contribution in [-0.2, 0) is 11.2 Å². The van der Waals surface area contributed by atoms with Gasteiger partial charge in [0.2, 0.25) is 5.89 Å². The average Bonchev–Trinajstić information content (AvgIpc) is 2.96. The summed E-state index contributed by atoms with van der Waals surface area (Å²) in [7, 11) is 1.30. The molecule has 0 atom stereocenters. The Morgan fingerprint density at radius 2 is 2.37 bits per heavy atom. The highest BCUT2D eigenvalue weighted by atomic mass is 32.1. The molecular weight excluding hydrogens is 270 g/mol. The monoisotopic (exact) mass is 283 g/mol. The maximum absolute atomic E-state index is 11.5. The Bertz CT molecular complexity index is 579. The van der Waals surface area contributed by atoms with Crippen LogP contribution in [0.3, 0.4) is 0 Å². The van der Waals surface area contributed by atoms with Crippen LogP contribution in [0.25, 0.3) is 0 Å². The molecule has 0 fully saturated rings. The molecule has 0 amide bonds. The van der Waals surface area contributed by atoms with Gasteiger partial charge in [0.15, 0.2) is 11.6 Å². The maximum atomic E-state index is 11.5. The third-order valence-corrected chi connectivity index (χ3v) is 3.12. The van der Waals surface area contributed by atoms with Crippen molar-refractivity contribution in [3.63, 3.8) is 0 Å². The summed E-state index contributed by atoms with van der Waals surface area (Å²) in [4.78, 5) is 15.6. The van der Waals surface area contributed by atoms with Crippen molar-refractivity contribution in [1.29, 1.82) is 0 Å². The zero-order valence-corrected chi connectivity index (χ0v) is 11.3. The van der Waals surface area contributed by atoms with E-state index >= 15 is 0 Å². The summed E-state index contributed by atoms with van der Waals surface area (Å²) in [6, 6.07) is 0. The SMILES string of the molecule is COC(=O)c1c(N)nsc1NCCc1nc(C)no1. The lowest BCUT2D eigenvalue weighted by Crippen LogP contribution is -2.10. The summed E-state index contributed by atoms with van der Waals surface area (Å²) < 4.78 is 13.5. The molecule has 0 bridgehead atoms. The number of ether oxygens (including phenoxy) is 1. The molecule has 0 spiro atoms. The number of aromatic nitrogens is 3. The van der Waals surface area contributed by atoms with Gasteiger partial charge in [0.05, 0.1) is 7.11 Å². The van der Waals surface area contributed by atoms with E-state index in [1.807, 2.05) is 0 Å². The molecule has 8 nitrogen and oxygen atoms in total. The zero-order valence-electron chi connectivity index (χ0n) is 10.5. The third-order valence-electron chi connectivity index (χ3n) is 2.30. The van der Waals surface area contributed by atoms with Gasteiger partial charge in [0, 0.05) is 13.0 Å². The van der Waals surface area contributed by atoms with E-state index in [2.05, 4.69) is 24.6 Å². The predicted molar refractivity (Wildman–Crippen MR) is 69.1 cm³/mol. The Kier molecular flexibility index (Phi) is 3.95. The van der Waals surface area contributed by atoms with Crippen LogP contribution in [0.1, 0.15) is 22.1 Å². The highest BCUT2D eigenvalue weighted by Crippen LogP contribution is 2.27. The molecule has 0 radical (unpaired) electrons. The Morgan fingerprint density at radius 3 is 3.00 bits per heavy atom. The van der Waals surface area contributed by atoms with E-state index in [0.29, 0.717) is 29.7 Å². The van der Waals surface area contributed by atoms with Gasteiger partial charge >= 0.3 is 5.97 Å². The number of nitrogen functional groups attached to an aromatic ring is 1. The lowest BCUT2D eigenvalue weighted by atomic mass is 10.3. The van der Waals surface area contributed by atoms with Gasteiger partial charge in [-0.15, -0.1) is 0 Å². The summed E-state index contributed by atoms with van der Waals surface area (Å²) in [5, 5.41) is 7.31. The van der Waals surface area contributed by atoms with Crippen LogP contribution in [0.15, 0.2) is 4.52 Å². The van der Waals surface area contributed by atoms with E-state index in [9.17, 15) is 4.79 Å². The first-order valence-electron chi connectivity index (χ1n) is 5.48. The van der Waals surface area contributed by atoms with E-state index in [4.69, 9.17) is 10.3 Å². The second kappa shape index (κ2) is 5.65. The van der Waals surface area contributed by atoms with Crippen LogP contribution < -0.4 is 11.1 Å². The maximum Gasteiger partial charge on any atom is 0.344 e. The number of hydrogen-bond acceptors (Lipinski definition) is 9.